The summed E-state index contributed by atoms with van der Waals surface area (Å²) in [4.78, 5) is 15.1. The third-order valence-electron chi connectivity index (χ3n) is 5.05. The first kappa shape index (κ1) is 23.2. The van der Waals surface area contributed by atoms with Crippen LogP contribution in [-0.2, 0) is 11.3 Å². The number of nitrogens with zero attached hydrogens (tertiary/aromatic N) is 2. The van der Waals surface area contributed by atoms with E-state index in [9.17, 15) is 4.79 Å². The topological polar surface area (TPSA) is 88.2 Å². The van der Waals surface area contributed by atoms with Crippen LogP contribution < -0.4 is 5.32 Å². The van der Waals surface area contributed by atoms with Crippen molar-refractivity contribution in [3.8, 4) is 34.0 Å². The second-order valence-corrected chi connectivity index (χ2v) is 7.34. The standard InChI is InChI=1S/C25H23N3O3.ClH/c1-17-15-21(19-5-3-2-4-6-19)11-12-22(17)25-27-24(28-31-25)20-9-7-18(8-10-20)16-26-14-13-23(29)30;/h2-12,15,26H,13-14,16H2,1H3,(H,29,30);1H. The maximum absolute atomic E-state index is 10.6. The van der Waals surface area contributed by atoms with E-state index in [0.717, 1.165) is 27.8 Å². The van der Waals surface area contributed by atoms with Gasteiger partial charge >= 0.3 is 5.97 Å². The third-order valence-corrected chi connectivity index (χ3v) is 5.05. The zero-order valence-corrected chi connectivity index (χ0v) is 18.4. The number of nitrogens with one attached hydrogen (secondary N) is 1. The Bertz CT molecular complexity index is 1170. The van der Waals surface area contributed by atoms with Crippen molar-refractivity contribution >= 4 is 18.4 Å². The van der Waals surface area contributed by atoms with Crippen molar-refractivity contribution in [1.29, 1.82) is 0 Å². The van der Waals surface area contributed by atoms with Crippen LogP contribution >= 0.6 is 12.4 Å². The summed E-state index contributed by atoms with van der Waals surface area (Å²) in [5.41, 5.74) is 6.22. The minimum Gasteiger partial charge on any atom is -0.481 e. The number of carboxylic acids is 1. The Kier molecular flexibility index (Phi) is 7.76. The number of benzene rings is 3. The van der Waals surface area contributed by atoms with Crippen LogP contribution in [0.4, 0.5) is 0 Å². The highest BCUT2D eigenvalue weighted by atomic mass is 35.5. The summed E-state index contributed by atoms with van der Waals surface area (Å²) >= 11 is 0. The fraction of sp³-hybridized carbons (Fsp3) is 0.160. The monoisotopic (exact) mass is 449 g/mol. The van der Waals surface area contributed by atoms with Gasteiger partial charge in [0.15, 0.2) is 0 Å². The van der Waals surface area contributed by atoms with Gasteiger partial charge in [-0.1, -0.05) is 71.9 Å². The van der Waals surface area contributed by atoms with Crippen molar-refractivity contribution in [2.24, 2.45) is 0 Å². The molecule has 32 heavy (non-hydrogen) atoms. The van der Waals surface area contributed by atoms with Crippen LogP contribution in [0.5, 0.6) is 0 Å². The number of hydrogen-bond donors (Lipinski definition) is 2. The number of rotatable bonds is 8. The molecule has 164 valence electrons. The van der Waals surface area contributed by atoms with Gasteiger partial charge < -0.3 is 14.9 Å². The molecule has 0 spiro atoms. The van der Waals surface area contributed by atoms with E-state index in [1.165, 1.54) is 5.56 Å². The molecule has 1 aromatic heterocycles. The van der Waals surface area contributed by atoms with Crippen LogP contribution in [0.1, 0.15) is 17.5 Å². The molecule has 0 amide bonds. The minimum absolute atomic E-state index is 0. The lowest BCUT2D eigenvalue weighted by atomic mass is 10.00. The van der Waals surface area contributed by atoms with Crippen molar-refractivity contribution in [1.82, 2.24) is 15.5 Å². The average Bonchev–Trinajstić information content (AvgIpc) is 3.27. The molecular formula is C25H24ClN3O3. The summed E-state index contributed by atoms with van der Waals surface area (Å²) in [7, 11) is 0. The van der Waals surface area contributed by atoms with E-state index < -0.39 is 5.97 Å². The van der Waals surface area contributed by atoms with E-state index in [0.29, 0.717) is 24.8 Å². The predicted octanol–water partition coefficient (Wildman–Crippen LogP) is 5.37. The molecule has 4 rings (SSSR count). The van der Waals surface area contributed by atoms with Crippen LogP contribution in [0.25, 0.3) is 34.0 Å². The quantitative estimate of drug-likeness (QED) is 0.352. The maximum Gasteiger partial charge on any atom is 0.304 e. The number of halogens is 1. The largest absolute Gasteiger partial charge is 0.481 e. The zero-order valence-electron chi connectivity index (χ0n) is 17.6. The molecule has 0 radical (unpaired) electrons. The molecule has 1 heterocycles. The van der Waals surface area contributed by atoms with Gasteiger partial charge in [-0.05, 0) is 35.2 Å². The summed E-state index contributed by atoms with van der Waals surface area (Å²) < 4.78 is 5.53. The fourth-order valence-corrected chi connectivity index (χ4v) is 3.36. The molecule has 4 aromatic rings. The van der Waals surface area contributed by atoms with Crippen LogP contribution in [0.2, 0.25) is 0 Å². The Labute approximate surface area is 192 Å². The number of hydrogen-bond acceptors (Lipinski definition) is 5. The Hall–Kier alpha value is -3.48. The van der Waals surface area contributed by atoms with Gasteiger partial charge in [0.2, 0.25) is 5.82 Å². The summed E-state index contributed by atoms with van der Waals surface area (Å²) in [5, 5.41) is 15.9. The highest BCUT2D eigenvalue weighted by Crippen LogP contribution is 2.29. The Morgan fingerprint density at radius 3 is 2.38 bits per heavy atom. The molecule has 0 aliphatic carbocycles. The third kappa shape index (κ3) is 5.60. The maximum atomic E-state index is 10.6. The van der Waals surface area contributed by atoms with Crippen LogP contribution in [0.15, 0.2) is 77.3 Å². The van der Waals surface area contributed by atoms with E-state index in [4.69, 9.17) is 9.63 Å². The smallest absolute Gasteiger partial charge is 0.304 e. The van der Waals surface area contributed by atoms with Crippen molar-refractivity contribution in [2.45, 2.75) is 19.9 Å². The number of aryl methyl sites for hydroxylation is 1. The van der Waals surface area contributed by atoms with Crippen molar-refractivity contribution in [3.63, 3.8) is 0 Å². The molecule has 0 bridgehead atoms. The number of carbonyl (C=O) groups is 1. The SMILES string of the molecule is Cc1cc(-c2ccccc2)ccc1-c1nc(-c2ccc(CNCCC(=O)O)cc2)no1.Cl. The number of carboxylic acid groups (broad SMARTS) is 1. The summed E-state index contributed by atoms with van der Waals surface area (Å²) in [5.74, 6) is 0.221. The van der Waals surface area contributed by atoms with Gasteiger partial charge in [0, 0.05) is 24.2 Å². The van der Waals surface area contributed by atoms with Crippen LogP contribution in [0.3, 0.4) is 0 Å². The molecule has 0 atom stereocenters. The Morgan fingerprint density at radius 1 is 0.969 bits per heavy atom. The number of aliphatic carboxylic acids is 1. The van der Waals surface area contributed by atoms with Crippen molar-refractivity contribution < 1.29 is 14.4 Å². The molecule has 0 saturated heterocycles. The first-order valence-corrected chi connectivity index (χ1v) is 10.1. The van der Waals surface area contributed by atoms with Gasteiger partial charge in [-0.15, -0.1) is 12.4 Å². The molecule has 7 heteroatoms. The summed E-state index contributed by atoms with van der Waals surface area (Å²) in [6.07, 6.45) is 0.107. The van der Waals surface area contributed by atoms with Crippen LogP contribution in [-0.4, -0.2) is 27.8 Å². The molecule has 2 N–H and O–H groups in total. The Balaban J connectivity index is 0.00000289. The molecule has 6 nitrogen and oxygen atoms in total. The fourth-order valence-electron chi connectivity index (χ4n) is 3.36. The lowest BCUT2D eigenvalue weighted by Crippen LogP contribution is -2.17. The van der Waals surface area contributed by atoms with Gasteiger partial charge in [0.1, 0.15) is 0 Å². The van der Waals surface area contributed by atoms with Gasteiger partial charge in [-0.3, -0.25) is 4.79 Å². The molecule has 0 aliphatic heterocycles. The van der Waals surface area contributed by atoms with Crippen molar-refractivity contribution in [2.75, 3.05) is 6.54 Å². The van der Waals surface area contributed by atoms with Gasteiger partial charge in [-0.2, -0.15) is 4.98 Å². The zero-order chi connectivity index (χ0) is 21.6. The normalized spacial score (nSPS) is 10.5. The molecule has 0 saturated carbocycles. The van der Waals surface area contributed by atoms with Crippen molar-refractivity contribution in [3.05, 3.63) is 83.9 Å². The second-order valence-electron chi connectivity index (χ2n) is 7.34. The van der Waals surface area contributed by atoms with Gasteiger partial charge in [0.25, 0.3) is 5.89 Å². The summed E-state index contributed by atoms with van der Waals surface area (Å²) in [6.45, 7) is 3.09. The lowest BCUT2D eigenvalue weighted by molar-refractivity contribution is -0.136. The van der Waals surface area contributed by atoms with Gasteiger partial charge in [0.05, 0.1) is 6.42 Å². The molecule has 3 aromatic carbocycles. The van der Waals surface area contributed by atoms with Gasteiger partial charge in [-0.25, -0.2) is 0 Å². The first-order chi connectivity index (χ1) is 15.1. The Morgan fingerprint density at radius 2 is 1.69 bits per heavy atom. The predicted molar refractivity (Wildman–Crippen MR) is 127 cm³/mol. The second kappa shape index (κ2) is 10.7. The molecular weight excluding hydrogens is 426 g/mol. The minimum atomic E-state index is -0.805. The molecule has 0 unspecified atom stereocenters. The number of aromatic nitrogens is 2. The lowest BCUT2D eigenvalue weighted by Gasteiger charge is -2.06. The van der Waals surface area contributed by atoms with E-state index in [1.807, 2.05) is 55.5 Å². The molecule has 0 aliphatic rings. The van der Waals surface area contributed by atoms with E-state index in [2.05, 4.69) is 39.7 Å². The first-order valence-electron chi connectivity index (χ1n) is 10.1. The van der Waals surface area contributed by atoms with E-state index in [-0.39, 0.29) is 18.8 Å². The summed E-state index contributed by atoms with van der Waals surface area (Å²) in [6, 6.07) is 24.3. The van der Waals surface area contributed by atoms with Crippen LogP contribution in [0, 0.1) is 6.92 Å². The average molecular weight is 450 g/mol. The molecule has 0 fully saturated rings. The highest BCUT2D eigenvalue weighted by Gasteiger charge is 2.13. The van der Waals surface area contributed by atoms with E-state index >= 15 is 0 Å². The van der Waals surface area contributed by atoms with E-state index in [1.54, 1.807) is 0 Å². The highest BCUT2D eigenvalue weighted by molar-refractivity contribution is 5.85.